The van der Waals surface area contributed by atoms with Crippen molar-refractivity contribution >= 4 is 45.3 Å². The normalized spacial score (nSPS) is 14.4. The number of rotatable bonds is 87. The lowest BCUT2D eigenvalue weighted by molar-refractivity contribution is -0.148. The van der Waals surface area contributed by atoms with Crippen LogP contribution in [-0.4, -0.2) is 166 Å². The van der Waals surface area contributed by atoms with E-state index < -0.39 is 84.6 Å². The van der Waals surface area contributed by atoms with Crippen LogP contribution in [0.1, 0.15) is 395 Å². The fraction of sp³-hybridized carbons (Fsp3) is 0.940. The zero-order valence-electron chi connectivity index (χ0n) is 71.1. The molecule has 0 aliphatic heterocycles. The molecule has 0 aromatic carbocycles. The van der Waals surface area contributed by atoms with Crippen LogP contribution in [0, 0.1) is 0 Å². The molecule has 6 amide bonds. The molecule has 111 heavy (non-hydrogen) atoms. The minimum Gasteiger partial charge on any atom is -0.379 e. The Hall–Kier alpha value is -2.87. The highest BCUT2D eigenvalue weighted by molar-refractivity contribution is 7.47. The van der Waals surface area contributed by atoms with Gasteiger partial charge in [-0.05, 0) is 64.2 Å². The zero-order chi connectivity index (χ0) is 81.6. The molecule has 0 aliphatic carbocycles. The zero-order valence-corrected chi connectivity index (χ0v) is 72.9. The van der Waals surface area contributed by atoms with E-state index >= 15 is 0 Å². The number of nitrogens with one attached hydrogen (secondary N) is 6. The van der Waals surface area contributed by atoms with Crippen molar-refractivity contribution in [1.82, 2.24) is 31.9 Å². The Morgan fingerprint density at radius 2 is 0.559 bits per heavy atom. The molecule has 0 aromatic rings. The van der Waals surface area contributed by atoms with Crippen molar-refractivity contribution in [2.75, 3.05) is 79.0 Å². The molecule has 0 aliphatic rings. The molecule has 0 fully saturated rings. The van der Waals surface area contributed by atoms with Gasteiger partial charge in [-0.25, -0.2) is 13.9 Å². The van der Waals surface area contributed by atoms with E-state index in [2.05, 4.69) is 73.4 Å². The van der Waals surface area contributed by atoms with E-state index in [1.165, 1.54) is 148 Å². The lowest BCUT2D eigenvalue weighted by atomic mass is 10.1. The van der Waals surface area contributed by atoms with Gasteiger partial charge < -0.3 is 70.8 Å². The molecular weight excluding hydrogens is 1460 g/mol. The first-order chi connectivity index (χ1) is 53.8. The molecule has 0 bridgehead atoms. The number of carbonyl (C=O) groups excluding carboxylic acids is 5. The molecule has 8 unspecified atom stereocenters. The first-order valence-electron chi connectivity index (χ1n) is 45.0. The minimum atomic E-state index is -4.79. The molecule has 0 heterocycles. The van der Waals surface area contributed by atoms with Gasteiger partial charge in [0.1, 0.15) is 0 Å². The lowest BCUT2D eigenvalue weighted by Crippen LogP contribution is -2.46. The van der Waals surface area contributed by atoms with Crippen LogP contribution in [0.3, 0.4) is 0 Å². The van der Waals surface area contributed by atoms with Crippen LogP contribution >= 0.6 is 15.6 Å². The van der Waals surface area contributed by atoms with Crippen LogP contribution in [0.2, 0.25) is 0 Å². The van der Waals surface area contributed by atoms with Crippen LogP contribution in [0.4, 0.5) is 4.79 Å². The smallest absolute Gasteiger partial charge is 0.379 e. The number of phosphoric ester groups is 2. The van der Waals surface area contributed by atoms with Crippen LogP contribution < -0.4 is 31.9 Å². The molecule has 0 saturated carbocycles. The van der Waals surface area contributed by atoms with E-state index in [9.17, 15) is 53.1 Å². The summed E-state index contributed by atoms with van der Waals surface area (Å²) in [7, 11) is -9.58. The van der Waals surface area contributed by atoms with Crippen molar-refractivity contribution in [3.05, 3.63) is 0 Å². The number of hydrogen-bond donors (Lipinski definition) is 10. The number of urea groups is 1. The van der Waals surface area contributed by atoms with Gasteiger partial charge in [-0.1, -0.05) is 318 Å². The molecule has 658 valence electrons. The maximum atomic E-state index is 13.3. The summed E-state index contributed by atoms with van der Waals surface area (Å²) >= 11 is 0. The molecule has 25 nitrogen and oxygen atoms in total. The average molecular weight is 1630 g/mol. The molecular formula is C84H168N6O19P2. The van der Waals surface area contributed by atoms with Gasteiger partial charge >= 0.3 is 21.7 Å². The van der Waals surface area contributed by atoms with Crippen LogP contribution in [0.5, 0.6) is 0 Å². The van der Waals surface area contributed by atoms with Crippen molar-refractivity contribution in [2.24, 2.45) is 0 Å². The van der Waals surface area contributed by atoms with Crippen molar-refractivity contribution in [3.8, 4) is 0 Å². The number of ether oxygens (including phenoxy) is 4. The van der Waals surface area contributed by atoms with Crippen LogP contribution in [-0.2, 0) is 65.4 Å². The minimum absolute atomic E-state index is 0.134. The van der Waals surface area contributed by atoms with Gasteiger partial charge in [0.15, 0.2) is 12.6 Å². The highest BCUT2D eigenvalue weighted by atomic mass is 31.2. The highest BCUT2D eigenvalue weighted by Gasteiger charge is 2.28. The predicted octanol–water partition coefficient (Wildman–Crippen LogP) is 18.8. The summed E-state index contributed by atoms with van der Waals surface area (Å²) in [6, 6.07) is -2.68. The molecule has 27 heteroatoms. The Kier molecular flexibility index (Phi) is 77.5. The van der Waals surface area contributed by atoms with Crippen molar-refractivity contribution in [2.45, 2.75) is 432 Å². The third-order valence-corrected chi connectivity index (χ3v) is 21.9. The Labute approximate surface area is 674 Å². The number of aliphatic hydroxyl groups excluding tert-OH is 2. The molecule has 0 aromatic heterocycles. The number of aliphatic hydroxyl groups is 2. The van der Waals surface area contributed by atoms with Gasteiger partial charge in [0.25, 0.3) is 0 Å². The third-order valence-electron chi connectivity index (χ3n) is 19.9. The topological polar surface area (TPSA) is 346 Å². The first kappa shape index (κ1) is 108. The molecule has 0 radical (unpaired) electrons. The lowest BCUT2D eigenvalue weighted by Gasteiger charge is -2.23. The Bertz CT molecular complexity index is 2230. The maximum Gasteiger partial charge on any atom is 0.472 e. The Balaban J connectivity index is 5.69. The van der Waals surface area contributed by atoms with E-state index in [0.717, 1.165) is 154 Å². The molecule has 8 atom stereocenters. The monoisotopic (exact) mass is 1630 g/mol. The fourth-order valence-electron chi connectivity index (χ4n) is 13.1. The fourth-order valence-corrected chi connectivity index (χ4v) is 14.6. The molecule has 0 saturated heterocycles. The second-order valence-electron chi connectivity index (χ2n) is 30.8. The summed E-state index contributed by atoms with van der Waals surface area (Å²) in [4.78, 5) is 86.2. The van der Waals surface area contributed by atoms with Gasteiger partial charge in [-0.15, -0.1) is 0 Å². The van der Waals surface area contributed by atoms with Gasteiger partial charge in [0.2, 0.25) is 23.6 Å². The number of carbonyl (C=O) groups is 5. The van der Waals surface area contributed by atoms with E-state index in [1.54, 1.807) is 0 Å². The number of phosphoric acid groups is 2. The number of unbranched alkanes of at least 4 members (excludes halogenated alkanes) is 41. The summed E-state index contributed by atoms with van der Waals surface area (Å²) < 4.78 is 71.8. The molecule has 10 N–H and O–H groups in total. The summed E-state index contributed by atoms with van der Waals surface area (Å²) in [6.45, 7) is 10.1. The molecule has 0 rings (SSSR count). The third kappa shape index (κ3) is 76.8. The largest absolute Gasteiger partial charge is 0.472 e. The Morgan fingerprint density at radius 3 is 0.847 bits per heavy atom. The summed E-state index contributed by atoms with van der Waals surface area (Å²) in [5, 5.41) is 37.6. The highest BCUT2D eigenvalue weighted by Crippen LogP contribution is 2.44. The number of amides is 6. The van der Waals surface area contributed by atoms with E-state index in [0.29, 0.717) is 38.5 Å². The van der Waals surface area contributed by atoms with Crippen molar-refractivity contribution in [3.63, 3.8) is 0 Å². The van der Waals surface area contributed by atoms with Crippen molar-refractivity contribution < 1.29 is 90.1 Å². The summed E-state index contributed by atoms with van der Waals surface area (Å²) in [5.74, 6) is -1.64. The summed E-state index contributed by atoms with van der Waals surface area (Å²) in [5.41, 5.74) is 0. The maximum absolute atomic E-state index is 13.3. The van der Waals surface area contributed by atoms with Gasteiger partial charge in [-0.3, -0.25) is 37.3 Å². The van der Waals surface area contributed by atoms with Gasteiger partial charge in [0, 0.05) is 39.1 Å². The van der Waals surface area contributed by atoms with E-state index in [1.807, 2.05) is 0 Å². The van der Waals surface area contributed by atoms with Gasteiger partial charge in [-0.2, -0.15) is 0 Å². The standard InChI is InChI=1S/C84H168N6O19P2/c1-7-13-19-25-29-33-37-41-47-53-59-83(96)109-77(55-49-43-24-18-12-6)61-65-103-71-75(90-81(94)69-88-79(92)57-51-45-39-35-31-27-21-15-9-3)73-107-111(100,101)105-67-63-86-84(97)85-62-66-104-110(98,99)106-72-74(89-80(93)68-87-78(91)56-50-44-38-34-30-26-20-14-8-2)70-102-64-60-76(54-48-42-23-17-11-5)108-82(95)58-52-46-40-36-32-28-22-16-10-4/h74-77,82-83,95-96H,7-73H2,1-6H3,(H,87,91)(H,88,92)(H,89,93)(H,90,94)(H,98,99)(H,100,101)(H2,85,86,97). The van der Waals surface area contributed by atoms with E-state index in [-0.39, 0.29) is 89.5 Å². The van der Waals surface area contributed by atoms with Gasteiger partial charge in [0.05, 0.1) is 77.0 Å². The second-order valence-corrected chi connectivity index (χ2v) is 33.7. The SMILES string of the molecule is CCCCCCCCCCCCC(O)OC(CCCCCCC)CCOCC(COP(=O)(O)OCCNC(=O)NCCOP(=O)(O)OCC(COCCC(CCCCCCC)OC(O)CCCCCCCCCCC)NC(=O)CNC(=O)CCCCCCCCCCC)NC(=O)CNC(=O)CCCCCCCCCCC. The van der Waals surface area contributed by atoms with Crippen LogP contribution in [0.15, 0.2) is 0 Å². The second kappa shape index (κ2) is 79.6. The quantitative estimate of drug-likeness (QED) is 0.0154. The Morgan fingerprint density at radius 1 is 0.297 bits per heavy atom. The molecule has 0 spiro atoms. The first-order valence-corrected chi connectivity index (χ1v) is 48.0. The summed E-state index contributed by atoms with van der Waals surface area (Å²) in [6.07, 6.45) is 54.7. The van der Waals surface area contributed by atoms with Crippen molar-refractivity contribution in [1.29, 1.82) is 0 Å². The van der Waals surface area contributed by atoms with E-state index in [4.69, 9.17) is 37.0 Å². The predicted molar refractivity (Wildman–Crippen MR) is 446 cm³/mol. The number of hydrogen-bond acceptors (Lipinski definition) is 17. The van der Waals surface area contributed by atoms with Crippen LogP contribution in [0.25, 0.3) is 0 Å². The average Bonchev–Trinajstić information content (AvgIpc) is 0.914.